The number of nitrogens with zero attached hydrogens (tertiary/aromatic N) is 3. The maximum Gasteiger partial charge on any atom is 0.389 e. The Bertz CT molecular complexity index is 1320. The molecule has 0 radical (unpaired) electrons. The second kappa shape index (κ2) is 9.80. The monoisotopic (exact) mass is 533 g/mol. The van der Waals surface area contributed by atoms with Crippen molar-refractivity contribution in [1.82, 2.24) is 25.6 Å². The van der Waals surface area contributed by atoms with E-state index in [1.165, 1.54) is 0 Å². The van der Waals surface area contributed by atoms with Crippen molar-refractivity contribution in [2.45, 2.75) is 25.9 Å². The van der Waals surface area contributed by atoms with Gasteiger partial charge in [0.15, 0.2) is 5.82 Å². The van der Waals surface area contributed by atoms with Crippen LogP contribution in [0.4, 0.5) is 13.2 Å². The molecule has 2 heterocycles. The summed E-state index contributed by atoms with van der Waals surface area (Å²) in [6.45, 7) is 1.92. The quantitative estimate of drug-likeness (QED) is 0.298. The van der Waals surface area contributed by atoms with Crippen molar-refractivity contribution in [1.29, 1.82) is 0 Å². The lowest BCUT2D eigenvalue weighted by molar-refractivity contribution is -0.136. The summed E-state index contributed by atoms with van der Waals surface area (Å²) in [7, 11) is 0. The van der Waals surface area contributed by atoms with Crippen molar-refractivity contribution in [3.8, 4) is 39.5 Å². The Balaban J connectivity index is 1.69. The van der Waals surface area contributed by atoms with Gasteiger partial charge in [0, 0.05) is 12.0 Å². The third-order valence-corrected chi connectivity index (χ3v) is 5.89. The number of hydrogen-bond acceptors (Lipinski definition) is 5. The summed E-state index contributed by atoms with van der Waals surface area (Å²) < 4.78 is 42.9. The Kier molecular flexibility index (Phi) is 6.82. The van der Waals surface area contributed by atoms with E-state index in [2.05, 4.69) is 41.5 Å². The van der Waals surface area contributed by atoms with Crippen LogP contribution in [0, 0.1) is 6.92 Å². The Morgan fingerprint density at radius 1 is 1.00 bits per heavy atom. The van der Waals surface area contributed by atoms with Gasteiger partial charge in [-0.25, -0.2) is 5.10 Å². The number of benzene rings is 2. The van der Waals surface area contributed by atoms with Crippen molar-refractivity contribution >= 4 is 15.9 Å². The highest BCUT2D eigenvalue weighted by atomic mass is 79.9. The van der Waals surface area contributed by atoms with E-state index in [1.807, 2.05) is 31.2 Å². The molecule has 176 valence electrons. The molecule has 2 N–H and O–H groups in total. The van der Waals surface area contributed by atoms with Gasteiger partial charge in [-0.1, -0.05) is 29.8 Å². The van der Waals surface area contributed by atoms with Crippen molar-refractivity contribution in [3.05, 3.63) is 68.9 Å². The number of H-pyrrole nitrogens is 2. The summed E-state index contributed by atoms with van der Waals surface area (Å²) in [5, 5.41) is 13.7. The minimum absolute atomic E-state index is 0.0448. The fourth-order valence-electron chi connectivity index (χ4n) is 3.44. The Morgan fingerprint density at radius 2 is 1.68 bits per heavy atom. The van der Waals surface area contributed by atoms with Gasteiger partial charge in [-0.05, 0) is 75.1 Å². The standard InChI is InChI=1S/C23H19BrF3N5O2/c1-13-3-5-14(6-4-13)17-18(21-29-31-32-30-21)22(33)28-20(19(17)24)15-7-9-16(10-8-15)34-12-2-11-23(25,26)27/h3-10H,2,11-12H2,1H3,(H,28,33)(H,29,30,31,32). The van der Waals surface area contributed by atoms with Crippen LogP contribution >= 0.6 is 15.9 Å². The molecule has 11 heteroatoms. The largest absolute Gasteiger partial charge is 0.494 e. The van der Waals surface area contributed by atoms with Gasteiger partial charge in [0.2, 0.25) is 0 Å². The lowest BCUT2D eigenvalue weighted by Gasteiger charge is -2.15. The molecule has 0 fully saturated rings. The van der Waals surface area contributed by atoms with Crippen molar-refractivity contribution < 1.29 is 17.9 Å². The first-order valence-corrected chi connectivity index (χ1v) is 11.1. The van der Waals surface area contributed by atoms with Gasteiger partial charge in [0.25, 0.3) is 5.56 Å². The second-order valence-electron chi connectivity index (χ2n) is 7.60. The first-order chi connectivity index (χ1) is 16.2. The number of aromatic nitrogens is 5. The molecule has 0 saturated heterocycles. The van der Waals surface area contributed by atoms with E-state index in [-0.39, 0.29) is 30.0 Å². The summed E-state index contributed by atoms with van der Waals surface area (Å²) in [6.07, 6.45) is -5.22. The molecule has 0 bridgehead atoms. The van der Waals surface area contributed by atoms with Crippen LogP contribution < -0.4 is 10.3 Å². The van der Waals surface area contributed by atoms with Gasteiger partial charge in [-0.3, -0.25) is 4.79 Å². The number of ether oxygens (including phenoxy) is 1. The highest BCUT2D eigenvalue weighted by molar-refractivity contribution is 9.10. The molecule has 4 aromatic rings. The lowest BCUT2D eigenvalue weighted by atomic mass is 9.97. The van der Waals surface area contributed by atoms with Crippen molar-refractivity contribution in [2.75, 3.05) is 6.61 Å². The zero-order valence-corrected chi connectivity index (χ0v) is 19.5. The second-order valence-corrected chi connectivity index (χ2v) is 8.39. The molecule has 0 unspecified atom stereocenters. The maximum atomic E-state index is 13.1. The lowest BCUT2D eigenvalue weighted by Crippen LogP contribution is -2.14. The summed E-state index contributed by atoms with van der Waals surface area (Å²) in [5.74, 6) is 0.666. The minimum atomic E-state index is -4.20. The molecule has 0 amide bonds. The van der Waals surface area contributed by atoms with Crippen LogP contribution in [0.25, 0.3) is 33.8 Å². The summed E-state index contributed by atoms with van der Waals surface area (Å²) in [6, 6.07) is 14.4. The first-order valence-electron chi connectivity index (χ1n) is 10.3. The molecule has 0 spiro atoms. The number of aromatic amines is 2. The van der Waals surface area contributed by atoms with Gasteiger partial charge in [-0.15, -0.1) is 5.10 Å². The fourth-order valence-corrected chi connectivity index (χ4v) is 4.20. The van der Waals surface area contributed by atoms with Gasteiger partial charge in [0.1, 0.15) is 5.75 Å². The van der Waals surface area contributed by atoms with Crippen LogP contribution in [0.1, 0.15) is 18.4 Å². The number of nitrogens with one attached hydrogen (secondary N) is 2. The molecule has 0 aliphatic rings. The summed E-state index contributed by atoms with van der Waals surface area (Å²) >= 11 is 3.64. The van der Waals surface area contributed by atoms with E-state index in [1.54, 1.807) is 24.3 Å². The van der Waals surface area contributed by atoms with Crippen molar-refractivity contribution in [2.24, 2.45) is 0 Å². The van der Waals surface area contributed by atoms with Gasteiger partial charge < -0.3 is 9.72 Å². The number of pyridine rings is 1. The van der Waals surface area contributed by atoms with E-state index >= 15 is 0 Å². The highest BCUT2D eigenvalue weighted by Crippen LogP contribution is 2.39. The van der Waals surface area contributed by atoms with Crippen LogP contribution in [-0.2, 0) is 0 Å². The molecule has 0 atom stereocenters. The van der Waals surface area contributed by atoms with Gasteiger partial charge in [-0.2, -0.15) is 13.2 Å². The third-order valence-electron chi connectivity index (χ3n) is 5.09. The highest BCUT2D eigenvalue weighted by Gasteiger charge is 2.26. The van der Waals surface area contributed by atoms with Gasteiger partial charge in [0.05, 0.1) is 22.3 Å². The van der Waals surface area contributed by atoms with Crippen LogP contribution in [0.5, 0.6) is 5.75 Å². The fraction of sp³-hybridized carbons (Fsp3) is 0.217. The van der Waals surface area contributed by atoms with Gasteiger partial charge >= 0.3 is 6.18 Å². The molecular formula is C23H19BrF3N5O2. The molecule has 2 aromatic carbocycles. The number of aryl methyl sites for hydroxylation is 1. The van der Waals surface area contributed by atoms with E-state index in [0.717, 1.165) is 11.1 Å². The topological polar surface area (TPSA) is 96.6 Å². The molecule has 7 nitrogen and oxygen atoms in total. The average molecular weight is 534 g/mol. The van der Waals surface area contributed by atoms with Crippen molar-refractivity contribution in [3.63, 3.8) is 0 Å². The van der Waals surface area contributed by atoms with Crippen LogP contribution in [0.3, 0.4) is 0 Å². The molecule has 0 aliphatic heterocycles. The Morgan fingerprint density at radius 3 is 2.29 bits per heavy atom. The number of hydrogen-bond donors (Lipinski definition) is 2. The molecule has 2 aromatic heterocycles. The maximum absolute atomic E-state index is 13.1. The molecule has 4 rings (SSSR count). The zero-order chi connectivity index (χ0) is 24.3. The zero-order valence-electron chi connectivity index (χ0n) is 17.9. The Hall–Kier alpha value is -3.47. The smallest absolute Gasteiger partial charge is 0.389 e. The normalized spacial score (nSPS) is 11.6. The summed E-state index contributed by atoms with van der Waals surface area (Å²) in [4.78, 5) is 16.0. The Labute approximate surface area is 200 Å². The SMILES string of the molecule is Cc1ccc(-c2c(Br)c(-c3ccc(OCCCC(F)(F)F)cc3)[nH]c(=O)c2-c2nnn[nH]2)cc1. The number of alkyl halides is 3. The number of halogens is 4. The van der Waals surface area contributed by atoms with E-state index < -0.39 is 12.6 Å². The molecule has 0 aliphatic carbocycles. The minimum Gasteiger partial charge on any atom is -0.494 e. The summed E-state index contributed by atoms with van der Waals surface area (Å²) in [5.41, 5.74) is 3.58. The molecular weight excluding hydrogens is 515 g/mol. The van der Waals surface area contributed by atoms with Crippen LogP contribution in [0.15, 0.2) is 57.8 Å². The number of tetrazole rings is 1. The predicted molar refractivity (Wildman–Crippen MR) is 124 cm³/mol. The number of rotatable bonds is 7. The molecule has 0 saturated carbocycles. The van der Waals surface area contributed by atoms with E-state index in [0.29, 0.717) is 27.0 Å². The van der Waals surface area contributed by atoms with Crippen LogP contribution in [-0.4, -0.2) is 38.4 Å². The predicted octanol–water partition coefficient (Wildman–Crippen LogP) is 5.68. The van der Waals surface area contributed by atoms with E-state index in [4.69, 9.17) is 4.74 Å². The third kappa shape index (κ3) is 5.36. The first kappa shape index (κ1) is 23.7. The van der Waals surface area contributed by atoms with E-state index in [9.17, 15) is 18.0 Å². The average Bonchev–Trinajstić information content (AvgIpc) is 3.33. The molecule has 34 heavy (non-hydrogen) atoms. The van der Waals surface area contributed by atoms with Crippen LogP contribution in [0.2, 0.25) is 0 Å².